The van der Waals surface area contributed by atoms with Crippen molar-refractivity contribution >= 4 is 0 Å². The van der Waals surface area contributed by atoms with E-state index in [9.17, 15) is 10.2 Å². The third-order valence-electron chi connectivity index (χ3n) is 3.23. The minimum absolute atomic E-state index is 0.0144. The molecule has 0 fully saturated rings. The van der Waals surface area contributed by atoms with Crippen LogP contribution in [0.2, 0.25) is 0 Å². The van der Waals surface area contributed by atoms with Crippen molar-refractivity contribution in [2.24, 2.45) is 17.3 Å². The van der Waals surface area contributed by atoms with Gasteiger partial charge in [0, 0.05) is 12.5 Å². The summed E-state index contributed by atoms with van der Waals surface area (Å²) in [5.41, 5.74) is 1.22. The summed E-state index contributed by atoms with van der Waals surface area (Å²) in [5.74, 6) is 0.285. The summed E-state index contributed by atoms with van der Waals surface area (Å²) in [6, 6.07) is 0. The second kappa shape index (κ2) is 3.43. The van der Waals surface area contributed by atoms with E-state index in [0.717, 1.165) is 0 Å². The molecule has 0 aliphatic heterocycles. The zero-order valence-electron chi connectivity index (χ0n) is 8.91. The maximum absolute atomic E-state index is 9.60. The molecular formula is C11H20O2. The number of hydrogen-bond acceptors (Lipinski definition) is 2. The molecule has 0 amide bonds. The molecule has 0 aromatic heterocycles. The van der Waals surface area contributed by atoms with Crippen molar-refractivity contribution < 1.29 is 10.2 Å². The number of rotatable bonds is 2. The van der Waals surface area contributed by atoms with Crippen molar-refractivity contribution in [3.8, 4) is 0 Å². The lowest BCUT2D eigenvalue weighted by molar-refractivity contribution is 0.0517. The summed E-state index contributed by atoms with van der Waals surface area (Å²) >= 11 is 0. The smallest absolute Gasteiger partial charge is 0.0581 e. The SMILES string of the molecule is CC1=CC(C)(C)[C@H](CO)[C@@H]1[C@H](C)O. The van der Waals surface area contributed by atoms with Crippen LogP contribution in [0.5, 0.6) is 0 Å². The van der Waals surface area contributed by atoms with Gasteiger partial charge in [-0.25, -0.2) is 0 Å². The summed E-state index contributed by atoms with van der Waals surface area (Å²) in [6.45, 7) is 8.21. The monoisotopic (exact) mass is 184 g/mol. The Balaban J connectivity index is 2.93. The Morgan fingerprint density at radius 2 is 2.08 bits per heavy atom. The van der Waals surface area contributed by atoms with E-state index >= 15 is 0 Å². The minimum Gasteiger partial charge on any atom is -0.396 e. The first-order chi connectivity index (χ1) is 5.90. The summed E-state index contributed by atoms with van der Waals surface area (Å²) in [4.78, 5) is 0. The van der Waals surface area contributed by atoms with Crippen molar-refractivity contribution in [1.29, 1.82) is 0 Å². The zero-order chi connectivity index (χ0) is 10.2. The molecule has 76 valence electrons. The summed E-state index contributed by atoms with van der Waals surface area (Å²) < 4.78 is 0. The second-order valence-corrected chi connectivity index (χ2v) is 4.77. The van der Waals surface area contributed by atoms with Gasteiger partial charge in [0.15, 0.2) is 0 Å². The van der Waals surface area contributed by atoms with Crippen molar-refractivity contribution in [2.75, 3.05) is 6.61 Å². The molecule has 0 spiro atoms. The van der Waals surface area contributed by atoms with Gasteiger partial charge in [0.05, 0.1) is 6.10 Å². The summed E-state index contributed by atoms with van der Waals surface area (Å²) in [7, 11) is 0. The van der Waals surface area contributed by atoms with Gasteiger partial charge in [-0.1, -0.05) is 25.5 Å². The van der Waals surface area contributed by atoms with E-state index in [4.69, 9.17) is 0 Å². The Bertz CT molecular complexity index is 216. The van der Waals surface area contributed by atoms with Crippen LogP contribution in [0.15, 0.2) is 11.6 Å². The molecule has 1 aliphatic rings. The fourth-order valence-electron chi connectivity index (χ4n) is 2.64. The maximum Gasteiger partial charge on any atom is 0.0581 e. The third kappa shape index (κ3) is 1.79. The highest BCUT2D eigenvalue weighted by Crippen LogP contribution is 2.45. The van der Waals surface area contributed by atoms with Crippen molar-refractivity contribution in [3.63, 3.8) is 0 Å². The maximum atomic E-state index is 9.60. The Labute approximate surface area is 80.3 Å². The van der Waals surface area contributed by atoms with Gasteiger partial charge in [0.2, 0.25) is 0 Å². The lowest BCUT2D eigenvalue weighted by atomic mass is 9.76. The summed E-state index contributed by atoms with van der Waals surface area (Å²) in [5, 5.41) is 18.9. The molecule has 2 heteroatoms. The molecule has 0 aromatic rings. The van der Waals surface area contributed by atoms with E-state index in [1.807, 2.05) is 6.92 Å². The van der Waals surface area contributed by atoms with Crippen LogP contribution in [-0.4, -0.2) is 22.9 Å². The standard InChI is InChI=1S/C11H20O2/c1-7-5-11(3,4)9(6-12)10(7)8(2)13/h5,8-10,12-13H,6H2,1-4H3/t8-,9+,10-/m0/s1. The Morgan fingerprint density at radius 3 is 2.38 bits per heavy atom. The minimum atomic E-state index is -0.366. The molecule has 0 unspecified atom stereocenters. The topological polar surface area (TPSA) is 40.5 Å². The molecule has 1 rings (SSSR count). The summed E-state index contributed by atoms with van der Waals surface area (Å²) in [6.07, 6.45) is 1.81. The molecule has 1 aliphatic carbocycles. The molecule has 13 heavy (non-hydrogen) atoms. The molecule has 0 heterocycles. The van der Waals surface area contributed by atoms with Gasteiger partial charge in [-0.15, -0.1) is 0 Å². The van der Waals surface area contributed by atoms with E-state index in [1.54, 1.807) is 6.92 Å². The van der Waals surface area contributed by atoms with Crippen molar-refractivity contribution in [3.05, 3.63) is 11.6 Å². The van der Waals surface area contributed by atoms with E-state index in [1.165, 1.54) is 5.57 Å². The van der Waals surface area contributed by atoms with Gasteiger partial charge in [0.1, 0.15) is 0 Å². The van der Waals surface area contributed by atoms with E-state index in [0.29, 0.717) is 0 Å². The van der Waals surface area contributed by atoms with Crippen LogP contribution in [0, 0.1) is 17.3 Å². The lowest BCUT2D eigenvalue weighted by Crippen LogP contribution is -2.32. The number of allylic oxidation sites excluding steroid dienone is 1. The third-order valence-corrected chi connectivity index (χ3v) is 3.23. The van der Waals surface area contributed by atoms with Gasteiger partial charge in [-0.05, 0) is 25.2 Å². The molecule has 0 bridgehead atoms. The second-order valence-electron chi connectivity index (χ2n) is 4.77. The molecule has 0 saturated carbocycles. The van der Waals surface area contributed by atoms with E-state index in [-0.39, 0.29) is 30.0 Å². The first kappa shape index (κ1) is 10.7. The predicted molar refractivity (Wildman–Crippen MR) is 53.3 cm³/mol. The highest BCUT2D eigenvalue weighted by Gasteiger charge is 2.42. The van der Waals surface area contributed by atoms with Crippen molar-refractivity contribution in [2.45, 2.75) is 33.8 Å². The van der Waals surface area contributed by atoms with E-state index in [2.05, 4.69) is 19.9 Å². The van der Waals surface area contributed by atoms with Crippen LogP contribution in [0.3, 0.4) is 0 Å². The molecule has 2 nitrogen and oxygen atoms in total. The van der Waals surface area contributed by atoms with Gasteiger partial charge in [0.25, 0.3) is 0 Å². The molecule has 3 atom stereocenters. The van der Waals surface area contributed by atoms with Crippen LogP contribution in [-0.2, 0) is 0 Å². The normalized spacial score (nSPS) is 34.5. The Hall–Kier alpha value is -0.340. The van der Waals surface area contributed by atoms with Crippen LogP contribution >= 0.6 is 0 Å². The quantitative estimate of drug-likeness (QED) is 0.640. The van der Waals surface area contributed by atoms with Crippen LogP contribution < -0.4 is 0 Å². The number of aliphatic hydroxyl groups is 2. The first-order valence-electron chi connectivity index (χ1n) is 4.88. The molecule has 0 aromatic carbocycles. The van der Waals surface area contributed by atoms with Gasteiger partial charge < -0.3 is 10.2 Å². The van der Waals surface area contributed by atoms with Gasteiger partial charge in [-0.3, -0.25) is 0 Å². The predicted octanol–water partition coefficient (Wildman–Crippen LogP) is 1.58. The fourth-order valence-corrected chi connectivity index (χ4v) is 2.64. The average Bonchev–Trinajstić information content (AvgIpc) is 2.18. The molecular weight excluding hydrogens is 164 g/mol. The average molecular weight is 184 g/mol. The number of hydrogen-bond donors (Lipinski definition) is 2. The molecule has 2 N–H and O–H groups in total. The fraction of sp³-hybridized carbons (Fsp3) is 0.818. The zero-order valence-corrected chi connectivity index (χ0v) is 8.91. The Kier molecular flexibility index (Phi) is 2.83. The highest BCUT2D eigenvalue weighted by atomic mass is 16.3. The van der Waals surface area contributed by atoms with Crippen LogP contribution in [0.1, 0.15) is 27.7 Å². The van der Waals surface area contributed by atoms with E-state index < -0.39 is 0 Å². The first-order valence-corrected chi connectivity index (χ1v) is 4.88. The lowest BCUT2D eigenvalue weighted by Gasteiger charge is -2.31. The van der Waals surface area contributed by atoms with Crippen LogP contribution in [0.25, 0.3) is 0 Å². The van der Waals surface area contributed by atoms with Gasteiger partial charge in [-0.2, -0.15) is 0 Å². The molecule has 0 radical (unpaired) electrons. The number of aliphatic hydroxyl groups excluding tert-OH is 2. The largest absolute Gasteiger partial charge is 0.396 e. The molecule has 0 saturated heterocycles. The van der Waals surface area contributed by atoms with Gasteiger partial charge >= 0.3 is 0 Å². The van der Waals surface area contributed by atoms with Crippen LogP contribution in [0.4, 0.5) is 0 Å². The highest BCUT2D eigenvalue weighted by molar-refractivity contribution is 5.21. The van der Waals surface area contributed by atoms with Crippen molar-refractivity contribution in [1.82, 2.24) is 0 Å². The Morgan fingerprint density at radius 1 is 1.54 bits per heavy atom.